The standard InChI is InChI=1S/C12H13F2N3/c1-7-11(6-15-2)16-17-12(7)9-4-3-8(13)5-10(9)14/h3-5,15H,6H2,1-2H3,(H,16,17). The number of H-pyrrole nitrogens is 1. The van der Waals surface area contributed by atoms with Crippen LogP contribution in [-0.2, 0) is 6.54 Å². The number of hydrogen-bond acceptors (Lipinski definition) is 2. The third-order valence-electron chi connectivity index (χ3n) is 2.65. The highest BCUT2D eigenvalue weighted by Gasteiger charge is 2.14. The highest BCUT2D eigenvalue weighted by atomic mass is 19.1. The summed E-state index contributed by atoms with van der Waals surface area (Å²) in [6, 6.07) is 3.49. The number of hydrogen-bond donors (Lipinski definition) is 2. The molecule has 5 heteroatoms. The maximum atomic E-state index is 13.6. The fraction of sp³-hybridized carbons (Fsp3) is 0.250. The molecule has 2 rings (SSSR count). The summed E-state index contributed by atoms with van der Waals surface area (Å²) in [6.07, 6.45) is 0. The first-order valence-electron chi connectivity index (χ1n) is 5.27. The van der Waals surface area contributed by atoms with Crippen molar-refractivity contribution in [3.63, 3.8) is 0 Å². The molecule has 2 N–H and O–H groups in total. The van der Waals surface area contributed by atoms with Crippen LogP contribution >= 0.6 is 0 Å². The van der Waals surface area contributed by atoms with Gasteiger partial charge in [0.15, 0.2) is 0 Å². The predicted molar refractivity (Wildman–Crippen MR) is 61.4 cm³/mol. The van der Waals surface area contributed by atoms with Crippen molar-refractivity contribution in [3.8, 4) is 11.3 Å². The molecule has 0 saturated carbocycles. The topological polar surface area (TPSA) is 40.7 Å². The highest BCUT2D eigenvalue weighted by Crippen LogP contribution is 2.26. The largest absolute Gasteiger partial charge is 0.314 e. The molecule has 1 aromatic carbocycles. The second-order valence-corrected chi connectivity index (χ2v) is 3.83. The number of aromatic nitrogens is 2. The smallest absolute Gasteiger partial charge is 0.135 e. The minimum absolute atomic E-state index is 0.308. The molecule has 0 bridgehead atoms. The van der Waals surface area contributed by atoms with E-state index >= 15 is 0 Å². The van der Waals surface area contributed by atoms with Crippen LogP contribution in [0.25, 0.3) is 11.3 Å². The molecule has 90 valence electrons. The average Bonchev–Trinajstić information content (AvgIpc) is 2.62. The highest BCUT2D eigenvalue weighted by molar-refractivity contribution is 5.64. The van der Waals surface area contributed by atoms with Crippen molar-refractivity contribution in [1.82, 2.24) is 15.5 Å². The van der Waals surface area contributed by atoms with E-state index in [1.807, 2.05) is 14.0 Å². The van der Waals surface area contributed by atoms with Gasteiger partial charge in [0, 0.05) is 18.2 Å². The second-order valence-electron chi connectivity index (χ2n) is 3.83. The Balaban J connectivity index is 2.46. The SMILES string of the molecule is CNCc1[nH]nc(-c2ccc(F)cc2F)c1C. The average molecular weight is 237 g/mol. The lowest BCUT2D eigenvalue weighted by Gasteiger charge is -2.02. The fourth-order valence-electron chi connectivity index (χ4n) is 1.73. The molecule has 17 heavy (non-hydrogen) atoms. The van der Waals surface area contributed by atoms with Crippen LogP contribution in [0.15, 0.2) is 18.2 Å². The number of rotatable bonds is 3. The lowest BCUT2D eigenvalue weighted by molar-refractivity contribution is 0.585. The first kappa shape index (κ1) is 11.7. The summed E-state index contributed by atoms with van der Waals surface area (Å²) in [6.45, 7) is 2.48. The molecular formula is C12H13F2N3. The monoisotopic (exact) mass is 237 g/mol. The molecule has 0 unspecified atom stereocenters. The Labute approximate surface area is 97.9 Å². The minimum atomic E-state index is -0.601. The summed E-state index contributed by atoms with van der Waals surface area (Å²) in [4.78, 5) is 0. The Kier molecular flexibility index (Phi) is 3.19. The van der Waals surface area contributed by atoms with Gasteiger partial charge in [-0.25, -0.2) is 8.78 Å². The van der Waals surface area contributed by atoms with E-state index in [1.165, 1.54) is 12.1 Å². The Bertz CT molecular complexity index is 535. The number of benzene rings is 1. The molecule has 1 aromatic heterocycles. The van der Waals surface area contributed by atoms with E-state index in [0.29, 0.717) is 17.8 Å². The molecule has 1 heterocycles. The van der Waals surface area contributed by atoms with Crippen LogP contribution in [0, 0.1) is 18.6 Å². The zero-order valence-electron chi connectivity index (χ0n) is 9.64. The normalized spacial score (nSPS) is 10.8. The van der Waals surface area contributed by atoms with Crippen LogP contribution in [-0.4, -0.2) is 17.2 Å². The van der Waals surface area contributed by atoms with Crippen LogP contribution in [0.5, 0.6) is 0 Å². The van der Waals surface area contributed by atoms with Crippen molar-refractivity contribution < 1.29 is 8.78 Å². The number of aromatic amines is 1. The van der Waals surface area contributed by atoms with Crippen LogP contribution < -0.4 is 5.32 Å². The van der Waals surface area contributed by atoms with Crippen molar-refractivity contribution in [3.05, 3.63) is 41.1 Å². The van der Waals surface area contributed by atoms with E-state index < -0.39 is 11.6 Å². The molecule has 0 radical (unpaired) electrons. The molecular weight excluding hydrogens is 224 g/mol. The van der Waals surface area contributed by atoms with E-state index in [4.69, 9.17) is 0 Å². The maximum Gasteiger partial charge on any atom is 0.135 e. The second kappa shape index (κ2) is 4.63. The van der Waals surface area contributed by atoms with E-state index in [9.17, 15) is 8.78 Å². The Morgan fingerprint density at radius 1 is 1.35 bits per heavy atom. The lowest BCUT2D eigenvalue weighted by Crippen LogP contribution is -2.06. The van der Waals surface area contributed by atoms with Gasteiger partial charge in [-0.15, -0.1) is 0 Å². The number of halogens is 2. The van der Waals surface area contributed by atoms with E-state index in [1.54, 1.807) is 0 Å². The number of nitrogens with zero attached hydrogens (tertiary/aromatic N) is 1. The van der Waals surface area contributed by atoms with Crippen molar-refractivity contribution in [1.29, 1.82) is 0 Å². The predicted octanol–water partition coefficient (Wildman–Crippen LogP) is 2.38. The van der Waals surface area contributed by atoms with Crippen molar-refractivity contribution in [2.45, 2.75) is 13.5 Å². The third kappa shape index (κ3) is 2.19. The molecule has 0 aliphatic rings. The first-order chi connectivity index (χ1) is 8.13. The summed E-state index contributed by atoms with van der Waals surface area (Å²) in [5, 5.41) is 9.90. The fourth-order valence-corrected chi connectivity index (χ4v) is 1.73. The van der Waals surface area contributed by atoms with Crippen LogP contribution in [0.1, 0.15) is 11.3 Å². The van der Waals surface area contributed by atoms with E-state index in [0.717, 1.165) is 17.3 Å². The lowest BCUT2D eigenvalue weighted by atomic mass is 10.1. The molecule has 0 aliphatic heterocycles. The molecule has 0 spiro atoms. The van der Waals surface area contributed by atoms with Gasteiger partial charge in [-0.2, -0.15) is 5.10 Å². The van der Waals surface area contributed by atoms with Crippen molar-refractivity contribution in [2.24, 2.45) is 0 Å². The van der Waals surface area contributed by atoms with Crippen molar-refractivity contribution >= 4 is 0 Å². The van der Waals surface area contributed by atoms with Gasteiger partial charge in [0.25, 0.3) is 0 Å². The molecule has 2 aromatic rings. The van der Waals surface area contributed by atoms with Crippen LogP contribution in [0.3, 0.4) is 0 Å². The van der Waals surface area contributed by atoms with E-state index in [2.05, 4.69) is 15.5 Å². The summed E-state index contributed by atoms with van der Waals surface area (Å²) in [5.74, 6) is -1.19. The van der Waals surface area contributed by atoms with Gasteiger partial charge in [-0.1, -0.05) is 0 Å². The van der Waals surface area contributed by atoms with Crippen LogP contribution in [0.4, 0.5) is 8.78 Å². The Hall–Kier alpha value is -1.75. The van der Waals surface area contributed by atoms with Gasteiger partial charge in [0.2, 0.25) is 0 Å². The van der Waals surface area contributed by atoms with Crippen molar-refractivity contribution in [2.75, 3.05) is 7.05 Å². The zero-order valence-corrected chi connectivity index (χ0v) is 9.64. The first-order valence-corrected chi connectivity index (χ1v) is 5.27. The van der Waals surface area contributed by atoms with Gasteiger partial charge in [-0.3, -0.25) is 5.10 Å². The summed E-state index contributed by atoms with van der Waals surface area (Å²) in [7, 11) is 1.82. The Morgan fingerprint density at radius 3 is 2.76 bits per heavy atom. The summed E-state index contributed by atoms with van der Waals surface area (Å²) >= 11 is 0. The summed E-state index contributed by atoms with van der Waals surface area (Å²) in [5.41, 5.74) is 2.59. The van der Waals surface area contributed by atoms with Gasteiger partial charge in [0.1, 0.15) is 11.6 Å². The van der Waals surface area contributed by atoms with Gasteiger partial charge in [0.05, 0.1) is 11.4 Å². The Morgan fingerprint density at radius 2 is 2.12 bits per heavy atom. The molecule has 0 atom stereocenters. The quantitative estimate of drug-likeness (QED) is 0.860. The van der Waals surface area contributed by atoms with Gasteiger partial charge >= 0.3 is 0 Å². The maximum absolute atomic E-state index is 13.6. The molecule has 0 fully saturated rings. The molecule has 0 aliphatic carbocycles. The summed E-state index contributed by atoms with van der Waals surface area (Å²) < 4.78 is 26.4. The van der Waals surface area contributed by atoms with Gasteiger partial charge < -0.3 is 5.32 Å². The molecule has 0 amide bonds. The minimum Gasteiger partial charge on any atom is -0.314 e. The molecule has 0 saturated heterocycles. The molecule has 3 nitrogen and oxygen atoms in total. The zero-order chi connectivity index (χ0) is 12.4. The number of nitrogens with one attached hydrogen (secondary N) is 2. The van der Waals surface area contributed by atoms with Gasteiger partial charge in [-0.05, 0) is 31.7 Å². The van der Waals surface area contributed by atoms with E-state index in [-0.39, 0.29) is 0 Å². The third-order valence-corrected chi connectivity index (χ3v) is 2.65. The van der Waals surface area contributed by atoms with Crippen LogP contribution in [0.2, 0.25) is 0 Å².